The normalized spacial score (nSPS) is 13.4. The summed E-state index contributed by atoms with van der Waals surface area (Å²) in [6, 6.07) is 41.2. The Morgan fingerprint density at radius 1 is 0.617 bits per heavy atom. The van der Waals surface area contributed by atoms with Crippen LogP contribution < -0.4 is 0 Å². The van der Waals surface area contributed by atoms with Gasteiger partial charge in [0.1, 0.15) is 5.69 Å². The summed E-state index contributed by atoms with van der Waals surface area (Å²) in [5.74, 6) is 0. The number of aromatic nitrogens is 2. The van der Waals surface area contributed by atoms with Crippen molar-refractivity contribution >= 4 is 38.8 Å². The first kappa shape index (κ1) is 29.4. The van der Waals surface area contributed by atoms with E-state index in [9.17, 15) is 0 Å². The first-order valence-electron chi connectivity index (χ1n) is 16.9. The zero-order chi connectivity index (χ0) is 32.7. The van der Waals surface area contributed by atoms with E-state index in [0.717, 1.165) is 24.1 Å². The summed E-state index contributed by atoms with van der Waals surface area (Å²) >= 11 is 0. The number of fused-ring (bicyclic) bond motifs is 6. The highest BCUT2D eigenvalue weighted by Crippen LogP contribution is 2.40. The van der Waals surface area contributed by atoms with Crippen molar-refractivity contribution in [1.29, 1.82) is 0 Å². The molecule has 0 saturated carbocycles. The van der Waals surface area contributed by atoms with Crippen molar-refractivity contribution in [3.8, 4) is 22.5 Å². The number of aryl methyl sites for hydroxylation is 1. The molecule has 0 unspecified atom stereocenters. The number of benzene rings is 4. The Morgan fingerprint density at radius 2 is 1.23 bits per heavy atom. The van der Waals surface area contributed by atoms with Crippen LogP contribution in [-0.4, -0.2) is 9.13 Å². The van der Waals surface area contributed by atoms with E-state index >= 15 is 0 Å². The lowest BCUT2D eigenvalue weighted by molar-refractivity contribution is 0.590. The fourth-order valence-electron chi connectivity index (χ4n) is 7.46. The lowest BCUT2D eigenvalue weighted by atomic mass is 9.85. The highest BCUT2D eigenvalue weighted by atomic mass is 15.0. The van der Waals surface area contributed by atoms with Crippen LogP contribution in [0.2, 0.25) is 0 Å². The van der Waals surface area contributed by atoms with Crippen LogP contribution in [0.3, 0.4) is 0 Å². The Kier molecular flexibility index (Phi) is 6.58. The summed E-state index contributed by atoms with van der Waals surface area (Å²) in [7, 11) is 0. The molecule has 0 aliphatic heterocycles. The average Bonchev–Trinajstić information content (AvgIpc) is 3.56. The summed E-state index contributed by atoms with van der Waals surface area (Å²) < 4.78 is 4.88. The maximum Gasteiger partial charge on any atom is 0.100 e. The van der Waals surface area contributed by atoms with Gasteiger partial charge in [-0.1, -0.05) is 108 Å². The van der Waals surface area contributed by atoms with E-state index in [1.165, 1.54) is 71.9 Å². The standard InChI is InChI=1S/C45H42N2/c1-29-26-30(33-14-8-11-17-39(33)47-40-18-12-9-15-34(40)35-16-10-13-19-41(35)47)20-23-38(29)46-42-24-21-31(44(2,3)4)27-36(42)37-28-32(45(5,6)7)22-25-43(37)46/h8-12,14-18,21-22,24-28H,13,19H2,1-7H3. The topological polar surface area (TPSA) is 9.86 Å². The third-order valence-electron chi connectivity index (χ3n) is 10.1. The molecule has 0 radical (unpaired) electrons. The van der Waals surface area contributed by atoms with E-state index in [1.807, 2.05) is 0 Å². The predicted molar refractivity (Wildman–Crippen MR) is 200 cm³/mol. The molecule has 7 aromatic rings. The number of hydrogen-bond donors (Lipinski definition) is 0. The van der Waals surface area contributed by atoms with Crippen molar-refractivity contribution in [2.24, 2.45) is 0 Å². The molecule has 1 aliphatic rings. The fourth-order valence-corrected chi connectivity index (χ4v) is 7.46. The quantitative estimate of drug-likeness (QED) is 0.188. The highest BCUT2D eigenvalue weighted by Gasteiger charge is 2.23. The Balaban J connectivity index is 1.32. The van der Waals surface area contributed by atoms with Crippen LogP contribution in [0.25, 0.3) is 61.3 Å². The number of allylic oxidation sites excluding steroid dienone is 1. The fraction of sp³-hybridized carbons (Fsp3) is 0.244. The van der Waals surface area contributed by atoms with Crippen LogP contribution in [-0.2, 0) is 17.3 Å². The molecule has 1 aliphatic carbocycles. The Labute approximate surface area is 279 Å². The number of rotatable bonds is 3. The van der Waals surface area contributed by atoms with Crippen LogP contribution in [0.5, 0.6) is 0 Å². The van der Waals surface area contributed by atoms with Gasteiger partial charge in [0.15, 0.2) is 0 Å². The minimum atomic E-state index is 0.0652. The van der Waals surface area contributed by atoms with Gasteiger partial charge in [0, 0.05) is 38.5 Å². The molecule has 2 nitrogen and oxygen atoms in total. The Hall–Kier alpha value is -5.00. The number of hydrogen-bond acceptors (Lipinski definition) is 0. The van der Waals surface area contributed by atoms with Gasteiger partial charge in [-0.2, -0.15) is 0 Å². The molecule has 0 amide bonds. The summed E-state index contributed by atoms with van der Waals surface area (Å²) in [6.45, 7) is 16.0. The SMILES string of the molecule is Cc1cc(-c2ccccc2-n2c3c(c4ccccc42)C=CCC3)c#cc1-n1c2ccc(C(C)(C)C)cc2c2cc(C(C)(C)C)ccc21. The van der Waals surface area contributed by atoms with Gasteiger partial charge in [0.2, 0.25) is 0 Å². The average molecular weight is 611 g/mol. The molecule has 0 fully saturated rings. The molecule has 8 rings (SSSR count). The maximum atomic E-state index is 3.67. The van der Waals surface area contributed by atoms with Gasteiger partial charge < -0.3 is 9.13 Å². The molecule has 0 saturated heterocycles. The van der Waals surface area contributed by atoms with E-state index in [4.69, 9.17) is 0 Å². The molecule has 0 N–H and O–H groups in total. The van der Waals surface area contributed by atoms with E-state index in [2.05, 4.69) is 173 Å². The monoisotopic (exact) mass is 610 g/mol. The van der Waals surface area contributed by atoms with E-state index in [0.29, 0.717) is 0 Å². The number of para-hydroxylation sites is 2. The van der Waals surface area contributed by atoms with Gasteiger partial charge in [-0.25, -0.2) is 0 Å². The van der Waals surface area contributed by atoms with Crippen molar-refractivity contribution in [3.05, 3.63) is 137 Å². The molecule has 2 heteroatoms. The van der Waals surface area contributed by atoms with Gasteiger partial charge in [-0.3, -0.25) is 0 Å². The van der Waals surface area contributed by atoms with Crippen molar-refractivity contribution < 1.29 is 0 Å². The van der Waals surface area contributed by atoms with Crippen molar-refractivity contribution in [2.45, 2.75) is 72.1 Å². The van der Waals surface area contributed by atoms with Gasteiger partial charge in [-0.05, 0) is 95.8 Å². The molecule has 0 spiro atoms. The molecular formula is C45H42N2. The van der Waals surface area contributed by atoms with Gasteiger partial charge in [0.25, 0.3) is 0 Å². The van der Waals surface area contributed by atoms with Crippen LogP contribution in [0, 0.1) is 19.1 Å². The van der Waals surface area contributed by atoms with E-state index < -0.39 is 0 Å². The zero-order valence-electron chi connectivity index (χ0n) is 28.6. The summed E-state index contributed by atoms with van der Waals surface area (Å²) in [4.78, 5) is 0. The molecule has 47 heavy (non-hydrogen) atoms. The molecule has 5 aromatic carbocycles. The van der Waals surface area contributed by atoms with Crippen molar-refractivity contribution in [3.63, 3.8) is 0 Å². The number of nitrogens with zero attached hydrogens (tertiary/aromatic N) is 2. The molecular weight excluding hydrogens is 569 g/mol. The molecule has 232 valence electrons. The second-order valence-corrected chi connectivity index (χ2v) is 15.3. The molecule has 0 bridgehead atoms. The second kappa shape index (κ2) is 10.5. The second-order valence-electron chi connectivity index (χ2n) is 15.3. The third kappa shape index (κ3) is 4.72. The first-order valence-corrected chi connectivity index (χ1v) is 16.9. The van der Waals surface area contributed by atoms with Crippen LogP contribution in [0.4, 0.5) is 0 Å². The van der Waals surface area contributed by atoms with E-state index in [1.54, 1.807) is 0 Å². The van der Waals surface area contributed by atoms with Crippen molar-refractivity contribution in [2.75, 3.05) is 0 Å². The molecule has 2 heterocycles. The van der Waals surface area contributed by atoms with Crippen molar-refractivity contribution in [1.82, 2.24) is 9.13 Å². The Morgan fingerprint density at radius 3 is 1.89 bits per heavy atom. The van der Waals surface area contributed by atoms with Crippen LogP contribution in [0.1, 0.15) is 75.9 Å². The van der Waals surface area contributed by atoms with Gasteiger partial charge >= 0.3 is 0 Å². The molecule has 2 aromatic heterocycles. The van der Waals surface area contributed by atoms with Gasteiger partial charge in [0.05, 0.1) is 22.2 Å². The summed E-state index contributed by atoms with van der Waals surface area (Å²) in [5, 5.41) is 3.89. The largest absolute Gasteiger partial charge is 0.312 e. The third-order valence-corrected chi connectivity index (χ3v) is 10.1. The zero-order valence-corrected chi connectivity index (χ0v) is 28.6. The lowest BCUT2D eigenvalue weighted by Crippen LogP contribution is -2.10. The first-order chi connectivity index (χ1) is 22.5. The van der Waals surface area contributed by atoms with E-state index in [-0.39, 0.29) is 10.8 Å². The Bertz CT molecular complexity index is 2310. The van der Waals surface area contributed by atoms with Gasteiger partial charge in [-0.15, -0.1) is 0 Å². The lowest BCUT2D eigenvalue weighted by Gasteiger charge is -2.19. The summed E-state index contributed by atoms with van der Waals surface area (Å²) in [5.41, 5.74) is 14.9. The highest BCUT2D eigenvalue weighted by molar-refractivity contribution is 6.10. The van der Waals surface area contributed by atoms with Crippen LogP contribution >= 0.6 is 0 Å². The smallest absolute Gasteiger partial charge is 0.100 e. The van der Waals surface area contributed by atoms with Crippen LogP contribution in [0.15, 0.2) is 97.1 Å². The minimum Gasteiger partial charge on any atom is -0.312 e. The maximum absolute atomic E-state index is 3.67. The minimum absolute atomic E-state index is 0.0652. The summed E-state index contributed by atoms with van der Waals surface area (Å²) in [6.07, 6.45) is 6.70. The predicted octanol–water partition coefficient (Wildman–Crippen LogP) is 11.9. The molecule has 0 atom stereocenters.